The molecule has 222 valence electrons. The molecule has 0 unspecified atom stereocenters. The number of piperidine rings is 1. The summed E-state index contributed by atoms with van der Waals surface area (Å²) < 4.78 is 0. The fourth-order valence-corrected chi connectivity index (χ4v) is 6.39. The SMILES string of the molecule is Cc1ccc2c(c1)N(c1ccc([N+](=O)[O-])cc1)C(=O)N(C1CCN(C(=O)Nc3ccccc3)CC1)N=C2C1CCCCC1. The van der Waals surface area contributed by atoms with Gasteiger partial charge in [-0.25, -0.2) is 14.6 Å². The lowest BCUT2D eigenvalue weighted by molar-refractivity contribution is -0.384. The van der Waals surface area contributed by atoms with Crippen molar-refractivity contribution in [2.75, 3.05) is 23.3 Å². The zero-order chi connectivity index (χ0) is 29.9. The third-order valence-corrected chi connectivity index (χ3v) is 8.71. The molecule has 1 saturated heterocycles. The number of non-ortho nitro benzene ring substituents is 1. The van der Waals surface area contributed by atoms with E-state index in [0.29, 0.717) is 31.6 Å². The van der Waals surface area contributed by atoms with Gasteiger partial charge in [0, 0.05) is 42.4 Å². The molecule has 10 nitrogen and oxygen atoms in total. The van der Waals surface area contributed by atoms with Crippen LogP contribution in [0.3, 0.4) is 0 Å². The predicted octanol–water partition coefficient (Wildman–Crippen LogP) is 7.46. The number of para-hydroxylation sites is 1. The van der Waals surface area contributed by atoms with Gasteiger partial charge in [-0.15, -0.1) is 0 Å². The molecular weight excluding hydrogens is 544 g/mol. The first-order chi connectivity index (χ1) is 20.9. The first kappa shape index (κ1) is 28.4. The smallest absolute Gasteiger partial charge is 0.324 e. The van der Waals surface area contributed by atoms with Gasteiger partial charge in [0.15, 0.2) is 0 Å². The van der Waals surface area contributed by atoms with Crippen LogP contribution in [0.2, 0.25) is 0 Å². The van der Waals surface area contributed by atoms with E-state index in [4.69, 9.17) is 5.10 Å². The van der Waals surface area contributed by atoms with Crippen LogP contribution in [0.15, 0.2) is 77.9 Å². The molecule has 0 spiro atoms. The maximum atomic E-state index is 14.5. The predicted molar refractivity (Wildman–Crippen MR) is 167 cm³/mol. The van der Waals surface area contributed by atoms with Crippen LogP contribution in [-0.4, -0.2) is 51.7 Å². The molecule has 1 aliphatic carbocycles. The lowest BCUT2D eigenvalue weighted by Crippen LogP contribution is -2.50. The zero-order valence-electron chi connectivity index (χ0n) is 24.3. The van der Waals surface area contributed by atoms with Crippen molar-refractivity contribution in [2.45, 2.75) is 57.9 Å². The number of hydrogen-bond acceptors (Lipinski definition) is 5. The van der Waals surface area contributed by atoms with Crippen molar-refractivity contribution < 1.29 is 14.5 Å². The number of nitro groups is 1. The van der Waals surface area contributed by atoms with Crippen LogP contribution in [0.4, 0.5) is 32.3 Å². The minimum atomic E-state index is -0.440. The summed E-state index contributed by atoms with van der Waals surface area (Å²) in [6.07, 6.45) is 6.65. The van der Waals surface area contributed by atoms with Crippen LogP contribution < -0.4 is 10.2 Å². The molecule has 0 bridgehead atoms. The minimum Gasteiger partial charge on any atom is -0.324 e. The number of fused-ring (bicyclic) bond motifs is 1. The number of nitrogens with one attached hydrogen (secondary N) is 1. The van der Waals surface area contributed by atoms with Crippen LogP contribution in [-0.2, 0) is 0 Å². The maximum absolute atomic E-state index is 14.5. The number of urea groups is 2. The van der Waals surface area contributed by atoms with Gasteiger partial charge >= 0.3 is 12.1 Å². The number of carbonyl (C=O) groups excluding carboxylic acids is 2. The second-order valence-corrected chi connectivity index (χ2v) is 11.6. The molecule has 3 aromatic carbocycles. The molecular formula is C33H36N6O4. The highest BCUT2D eigenvalue weighted by Gasteiger charge is 2.38. The summed E-state index contributed by atoms with van der Waals surface area (Å²) in [5.41, 5.74) is 4.85. The fraction of sp³-hybridized carbons (Fsp3) is 0.364. The zero-order valence-corrected chi connectivity index (χ0v) is 24.3. The van der Waals surface area contributed by atoms with E-state index in [9.17, 15) is 19.7 Å². The van der Waals surface area contributed by atoms with E-state index < -0.39 is 4.92 Å². The van der Waals surface area contributed by atoms with Gasteiger partial charge in [0.05, 0.1) is 28.1 Å². The summed E-state index contributed by atoms with van der Waals surface area (Å²) >= 11 is 0. The van der Waals surface area contributed by atoms with E-state index in [0.717, 1.165) is 53.9 Å². The van der Waals surface area contributed by atoms with Gasteiger partial charge in [0.25, 0.3) is 5.69 Å². The van der Waals surface area contributed by atoms with Crippen LogP contribution in [0, 0.1) is 23.0 Å². The molecule has 1 saturated carbocycles. The van der Waals surface area contributed by atoms with Gasteiger partial charge in [0.1, 0.15) is 0 Å². The van der Waals surface area contributed by atoms with E-state index in [2.05, 4.69) is 17.4 Å². The van der Waals surface area contributed by atoms with E-state index >= 15 is 0 Å². The molecule has 0 aromatic heterocycles. The topological polar surface area (TPSA) is 111 Å². The Hall–Kier alpha value is -4.73. The number of rotatable bonds is 5. The Morgan fingerprint density at radius 2 is 1.63 bits per heavy atom. The van der Waals surface area contributed by atoms with Crippen molar-refractivity contribution in [2.24, 2.45) is 11.0 Å². The number of aryl methyl sites for hydroxylation is 1. The third kappa shape index (κ3) is 5.95. The summed E-state index contributed by atoms with van der Waals surface area (Å²) in [6, 6.07) is 21.0. The van der Waals surface area contributed by atoms with Crippen LogP contribution in [0.25, 0.3) is 0 Å². The number of hydrazone groups is 1. The Morgan fingerprint density at radius 1 is 0.930 bits per heavy atom. The largest absolute Gasteiger partial charge is 0.349 e. The molecule has 6 rings (SSSR count). The number of carbonyl (C=O) groups is 2. The van der Waals surface area contributed by atoms with Crippen molar-refractivity contribution in [1.29, 1.82) is 0 Å². The molecule has 3 aliphatic rings. The molecule has 1 N–H and O–H groups in total. The van der Waals surface area contributed by atoms with Gasteiger partial charge < -0.3 is 10.2 Å². The lowest BCUT2D eigenvalue weighted by atomic mass is 9.82. The first-order valence-corrected chi connectivity index (χ1v) is 15.1. The first-order valence-electron chi connectivity index (χ1n) is 15.1. The summed E-state index contributed by atoms with van der Waals surface area (Å²) in [7, 11) is 0. The highest BCUT2D eigenvalue weighted by atomic mass is 16.6. The van der Waals surface area contributed by atoms with E-state index in [1.54, 1.807) is 26.9 Å². The Morgan fingerprint density at radius 3 is 2.30 bits per heavy atom. The molecule has 3 aromatic rings. The van der Waals surface area contributed by atoms with Crippen molar-refractivity contribution in [1.82, 2.24) is 9.91 Å². The van der Waals surface area contributed by atoms with Crippen molar-refractivity contribution in [3.8, 4) is 0 Å². The lowest BCUT2D eigenvalue weighted by Gasteiger charge is -2.37. The molecule has 43 heavy (non-hydrogen) atoms. The number of likely N-dealkylation sites (tertiary alicyclic amines) is 1. The quantitative estimate of drug-likeness (QED) is 0.249. The van der Waals surface area contributed by atoms with Gasteiger partial charge in [-0.2, -0.15) is 5.10 Å². The number of anilines is 3. The van der Waals surface area contributed by atoms with E-state index in [-0.39, 0.29) is 29.7 Å². The summed E-state index contributed by atoms with van der Waals surface area (Å²) in [5, 5.41) is 21.1. The van der Waals surface area contributed by atoms with Crippen LogP contribution >= 0.6 is 0 Å². The Bertz CT molecular complexity index is 1530. The van der Waals surface area contributed by atoms with Crippen molar-refractivity contribution >= 4 is 40.5 Å². The number of benzene rings is 3. The van der Waals surface area contributed by atoms with Gasteiger partial charge in [-0.1, -0.05) is 49.6 Å². The van der Waals surface area contributed by atoms with E-state index in [1.165, 1.54) is 18.6 Å². The maximum Gasteiger partial charge on any atom is 0.349 e. The van der Waals surface area contributed by atoms with Crippen LogP contribution in [0.5, 0.6) is 0 Å². The number of amides is 4. The standard InChI is InChI=1S/C33H36N6O4/c1-23-12-17-29-30(22-23)37(26-13-15-28(16-14-26)39(42)43)33(41)38(35-31(29)24-8-4-2-5-9-24)27-18-20-36(21-19-27)32(40)34-25-10-6-3-7-11-25/h3,6-7,10-17,22,24,27H,2,4-5,8-9,18-21H2,1H3,(H,34,40). The molecule has 0 radical (unpaired) electrons. The average molecular weight is 581 g/mol. The molecule has 4 amide bonds. The van der Waals surface area contributed by atoms with E-state index in [1.807, 2.05) is 43.3 Å². The normalized spacial score (nSPS) is 18.1. The summed E-state index contributed by atoms with van der Waals surface area (Å²) in [4.78, 5) is 41.9. The van der Waals surface area contributed by atoms with Crippen molar-refractivity contribution in [3.05, 3.63) is 94.0 Å². The number of nitro benzene ring substituents is 1. The average Bonchev–Trinajstić information content (AvgIpc) is 3.15. The van der Waals surface area contributed by atoms with Gasteiger partial charge in [-0.05, 0) is 68.5 Å². The Labute approximate surface area is 251 Å². The fourth-order valence-electron chi connectivity index (χ4n) is 6.39. The van der Waals surface area contributed by atoms with Crippen LogP contribution in [0.1, 0.15) is 56.1 Å². The second-order valence-electron chi connectivity index (χ2n) is 11.6. The highest BCUT2D eigenvalue weighted by Crippen LogP contribution is 2.39. The molecule has 2 fully saturated rings. The number of hydrogen-bond donors (Lipinski definition) is 1. The highest BCUT2D eigenvalue weighted by molar-refractivity contribution is 6.14. The summed E-state index contributed by atoms with van der Waals surface area (Å²) in [5.74, 6) is 0.235. The molecule has 2 heterocycles. The summed E-state index contributed by atoms with van der Waals surface area (Å²) in [6.45, 7) is 2.98. The van der Waals surface area contributed by atoms with Crippen molar-refractivity contribution in [3.63, 3.8) is 0 Å². The molecule has 0 atom stereocenters. The monoisotopic (exact) mass is 580 g/mol. The Balaban J connectivity index is 1.34. The number of nitrogens with zero attached hydrogens (tertiary/aromatic N) is 5. The third-order valence-electron chi connectivity index (χ3n) is 8.71. The molecule has 2 aliphatic heterocycles. The Kier molecular flexibility index (Phi) is 8.09. The minimum absolute atomic E-state index is 0.0346. The van der Waals surface area contributed by atoms with Gasteiger partial charge in [0.2, 0.25) is 0 Å². The molecule has 10 heteroatoms. The second kappa shape index (κ2) is 12.2. The van der Waals surface area contributed by atoms with Gasteiger partial charge in [-0.3, -0.25) is 15.0 Å².